The number of aromatic nitrogens is 1. The van der Waals surface area contributed by atoms with E-state index < -0.39 is 0 Å². The van der Waals surface area contributed by atoms with E-state index in [-0.39, 0.29) is 51.4 Å². The minimum atomic E-state index is 0. The van der Waals surface area contributed by atoms with Crippen LogP contribution in [0, 0.1) is 26.0 Å². The van der Waals surface area contributed by atoms with E-state index in [1.54, 1.807) is 0 Å². The summed E-state index contributed by atoms with van der Waals surface area (Å²) in [5, 5.41) is 3.68. The maximum Gasteiger partial charge on any atom is 1.00 e. The quantitative estimate of drug-likeness (QED) is 0.493. The first kappa shape index (κ1) is 24.2. The van der Waals surface area contributed by atoms with E-state index >= 15 is 0 Å². The number of hydrogen-bond acceptors (Lipinski definition) is 2. The van der Waals surface area contributed by atoms with Crippen LogP contribution in [0.1, 0.15) is 54.8 Å². The van der Waals surface area contributed by atoms with Crippen LogP contribution in [0.25, 0.3) is 28.5 Å². The number of aryl methyl sites for hydroxylation is 2. The molecule has 1 unspecified atom stereocenters. The zero-order chi connectivity index (χ0) is 21.1. The maximum atomic E-state index is 4.79. The topological polar surface area (TPSA) is 24.9 Å². The van der Waals surface area contributed by atoms with Crippen LogP contribution in [0.2, 0.25) is 0 Å². The fourth-order valence-electron chi connectivity index (χ4n) is 3.94. The first-order valence-electron chi connectivity index (χ1n) is 10.7. The van der Waals surface area contributed by atoms with Crippen molar-refractivity contribution < 1.29 is 51.4 Å². The van der Waals surface area contributed by atoms with Crippen LogP contribution in [-0.2, 0) is 0 Å². The van der Waals surface area contributed by atoms with Crippen LogP contribution in [0.3, 0.4) is 0 Å². The average molecular weight is 432 g/mol. The molecule has 31 heavy (non-hydrogen) atoms. The van der Waals surface area contributed by atoms with Crippen molar-refractivity contribution in [3.8, 4) is 11.1 Å². The Balaban J connectivity index is 0.00000272. The second kappa shape index (κ2) is 10.9. The van der Waals surface area contributed by atoms with E-state index in [0.717, 1.165) is 35.4 Å². The third-order valence-electron chi connectivity index (χ3n) is 5.48. The molecular formula is C28H28KN2-. The Labute approximate surface area is 229 Å². The molecule has 1 aliphatic heterocycles. The smallest absolute Gasteiger partial charge is 0.389 e. The van der Waals surface area contributed by atoms with Crippen LogP contribution in [0.15, 0.2) is 54.6 Å². The first-order chi connectivity index (χ1) is 14.5. The van der Waals surface area contributed by atoms with Gasteiger partial charge in [-0.05, 0) is 44.9 Å². The summed E-state index contributed by atoms with van der Waals surface area (Å²) in [4.78, 5) is 4.79. The molecule has 1 aliphatic rings. The minimum absolute atomic E-state index is 0. The Kier molecular flexibility index (Phi) is 8.48. The normalized spacial score (nSPS) is 15.8. The molecule has 1 aromatic heterocycles. The number of allylic oxidation sites excluding steroid dienone is 1. The van der Waals surface area contributed by atoms with Gasteiger partial charge in [-0.15, -0.1) is 12.5 Å². The number of nitrogens with one attached hydrogen (secondary N) is 1. The molecule has 0 aliphatic carbocycles. The Morgan fingerprint density at radius 3 is 2.61 bits per heavy atom. The second-order valence-electron chi connectivity index (χ2n) is 8.05. The molecule has 2 aromatic carbocycles. The van der Waals surface area contributed by atoms with E-state index in [2.05, 4.69) is 92.8 Å². The van der Waals surface area contributed by atoms with Crippen molar-refractivity contribution in [2.45, 2.75) is 46.6 Å². The SMILES string of the molecule is CC[C-]=Cc1[c-]cc(C2=C(c3cccc(C)n3)CC(C)N2)cc1-c1ccc(C)cc1.[K+]. The molecule has 0 spiro atoms. The average Bonchev–Trinajstić information content (AvgIpc) is 3.14. The van der Waals surface area contributed by atoms with Gasteiger partial charge in [0.25, 0.3) is 0 Å². The van der Waals surface area contributed by atoms with Gasteiger partial charge in [0.15, 0.2) is 0 Å². The van der Waals surface area contributed by atoms with Crippen molar-refractivity contribution in [3.63, 3.8) is 0 Å². The molecule has 0 bridgehead atoms. The molecule has 1 atom stereocenters. The molecule has 0 fully saturated rings. The molecule has 3 heteroatoms. The van der Waals surface area contributed by atoms with E-state index in [1.807, 2.05) is 13.0 Å². The number of benzene rings is 2. The van der Waals surface area contributed by atoms with E-state index in [9.17, 15) is 0 Å². The van der Waals surface area contributed by atoms with Gasteiger partial charge < -0.3 is 17.5 Å². The molecule has 4 rings (SSSR count). The molecule has 152 valence electrons. The number of rotatable bonds is 5. The van der Waals surface area contributed by atoms with Crippen molar-refractivity contribution in [1.82, 2.24) is 10.3 Å². The Bertz CT molecular complexity index is 1110. The van der Waals surface area contributed by atoms with Gasteiger partial charge in [0.2, 0.25) is 0 Å². The molecular weight excluding hydrogens is 403 g/mol. The molecule has 0 radical (unpaired) electrons. The van der Waals surface area contributed by atoms with Crippen molar-refractivity contribution in [3.05, 3.63) is 94.8 Å². The summed E-state index contributed by atoms with van der Waals surface area (Å²) in [5.74, 6) is 0. The van der Waals surface area contributed by atoms with Crippen LogP contribution in [0.5, 0.6) is 0 Å². The van der Waals surface area contributed by atoms with E-state index in [4.69, 9.17) is 4.98 Å². The number of pyridine rings is 1. The molecule has 0 saturated carbocycles. The Hall–Kier alpha value is -1.49. The van der Waals surface area contributed by atoms with Gasteiger partial charge in [0.1, 0.15) is 0 Å². The van der Waals surface area contributed by atoms with Gasteiger partial charge in [-0.3, -0.25) is 10.5 Å². The Morgan fingerprint density at radius 1 is 1.13 bits per heavy atom. The number of hydrogen-bond donors (Lipinski definition) is 1. The fraction of sp³-hybridized carbons (Fsp3) is 0.250. The molecule has 0 saturated heterocycles. The van der Waals surface area contributed by atoms with Crippen LogP contribution < -0.4 is 56.7 Å². The Morgan fingerprint density at radius 2 is 1.90 bits per heavy atom. The zero-order valence-electron chi connectivity index (χ0n) is 19.2. The first-order valence-corrected chi connectivity index (χ1v) is 10.7. The van der Waals surface area contributed by atoms with Gasteiger partial charge in [0.05, 0.1) is 5.69 Å². The van der Waals surface area contributed by atoms with Crippen LogP contribution in [-0.4, -0.2) is 11.0 Å². The monoisotopic (exact) mass is 431 g/mol. The summed E-state index contributed by atoms with van der Waals surface area (Å²) in [6.45, 7) is 8.49. The van der Waals surface area contributed by atoms with Gasteiger partial charge in [-0.1, -0.05) is 53.9 Å². The summed E-state index contributed by atoms with van der Waals surface area (Å²) in [6.07, 6.45) is 7.24. The summed E-state index contributed by atoms with van der Waals surface area (Å²) in [5.41, 5.74) is 10.4. The molecule has 3 aromatic rings. The van der Waals surface area contributed by atoms with Crippen molar-refractivity contribution in [2.75, 3.05) is 0 Å². The van der Waals surface area contributed by atoms with Crippen LogP contribution in [0.4, 0.5) is 0 Å². The van der Waals surface area contributed by atoms with Crippen molar-refractivity contribution in [1.29, 1.82) is 0 Å². The predicted molar refractivity (Wildman–Crippen MR) is 126 cm³/mol. The zero-order valence-corrected chi connectivity index (χ0v) is 22.3. The molecule has 2 nitrogen and oxygen atoms in total. The van der Waals surface area contributed by atoms with Gasteiger partial charge in [-0.25, -0.2) is 6.07 Å². The molecule has 0 amide bonds. The molecule has 1 N–H and O–H groups in total. The third-order valence-corrected chi connectivity index (χ3v) is 5.48. The molecule has 2 heterocycles. The third kappa shape index (κ3) is 5.66. The van der Waals surface area contributed by atoms with E-state index in [0.29, 0.717) is 6.04 Å². The predicted octanol–water partition coefficient (Wildman–Crippen LogP) is 3.65. The van der Waals surface area contributed by atoms with E-state index in [1.165, 1.54) is 28.0 Å². The second-order valence-corrected chi connectivity index (χ2v) is 8.05. The largest absolute Gasteiger partial charge is 1.00 e. The summed E-state index contributed by atoms with van der Waals surface area (Å²) in [7, 11) is 0. The fourth-order valence-corrected chi connectivity index (χ4v) is 3.94. The summed E-state index contributed by atoms with van der Waals surface area (Å²) < 4.78 is 0. The standard InChI is InChI=1S/C28H28N2.K/c1-5-6-9-22-15-16-24(18-25(22)23-13-11-19(2)12-14-23)28-26(17-21(4)30-28)27-10-7-8-20(3)29-27;/h7-14,16,18,21,30H,5,17H2,1-4H3;/q-2;+1. The van der Waals surface area contributed by atoms with Gasteiger partial charge in [-0.2, -0.15) is 11.6 Å². The van der Waals surface area contributed by atoms with Crippen molar-refractivity contribution >= 4 is 17.3 Å². The van der Waals surface area contributed by atoms with Crippen LogP contribution >= 0.6 is 0 Å². The summed E-state index contributed by atoms with van der Waals surface area (Å²) in [6, 6.07) is 23.2. The maximum absolute atomic E-state index is 4.79. The minimum Gasteiger partial charge on any atom is -0.389 e. The van der Waals surface area contributed by atoms with Gasteiger partial charge >= 0.3 is 51.4 Å². The van der Waals surface area contributed by atoms with Crippen molar-refractivity contribution in [2.24, 2.45) is 0 Å². The van der Waals surface area contributed by atoms with Gasteiger partial charge in [0, 0.05) is 17.4 Å². The number of nitrogens with zero attached hydrogens (tertiary/aromatic N) is 1. The summed E-state index contributed by atoms with van der Waals surface area (Å²) >= 11 is 0.